The van der Waals surface area contributed by atoms with Crippen LogP contribution in [0.2, 0.25) is 0 Å². The molecular formula is C15H22N2O3. The second-order valence-electron chi connectivity index (χ2n) is 5.21. The molecule has 1 fully saturated rings. The molecule has 20 heavy (non-hydrogen) atoms. The first-order chi connectivity index (χ1) is 9.60. The largest absolute Gasteiger partial charge is 0.489 e. The van der Waals surface area contributed by atoms with Crippen LogP contribution in [0.3, 0.4) is 0 Å². The minimum absolute atomic E-state index is 0.0515. The maximum absolute atomic E-state index is 12.2. The van der Waals surface area contributed by atoms with Crippen LogP contribution in [0.5, 0.6) is 5.75 Å². The summed E-state index contributed by atoms with van der Waals surface area (Å²) in [6.07, 6.45) is 0.860. The Morgan fingerprint density at radius 3 is 2.80 bits per heavy atom. The number of amides is 1. The van der Waals surface area contributed by atoms with E-state index in [-0.39, 0.29) is 24.2 Å². The van der Waals surface area contributed by atoms with Crippen molar-refractivity contribution in [2.24, 2.45) is 0 Å². The van der Waals surface area contributed by atoms with Gasteiger partial charge in [-0.3, -0.25) is 4.79 Å². The molecule has 1 heterocycles. The van der Waals surface area contributed by atoms with Gasteiger partial charge < -0.3 is 20.1 Å². The van der Waals surface area contributed by atoms with Crippen molar-refractivity contribution in [3.8, 4) is 5.75 Å². The lowest BCUT2D eigenvalue weighted by Gasteiger charge is -2.16. The molecule has 0 aromatic heterocycles. The zero-order valence-electron chi connectivity index (χ0n) is 12.2. The van der Waals surface area contributed by atoms with Crippen LogP contribution < -0.4 is 15.4 Å². The first-order valence-electron chi connectivity index (χ1n) is 6.93. The molecule has 2 atom stereocenters. The molecule has 1 aliphatic rings. The number of rotatable bonds is 5. The highest BCUT2D eigenvalue weighted by atomic mass is 16.5. The molecule has 5 nitrogen and oxygen atoms in total. The minimum atomic E-state index is -0.216. The minimum Gasteiger partial charge on any atom is -0.489 e. The lowest BCUT2D eigenvalue weighted by molar-refractivity contribution is -0.118. The summed E-state index contributed by atoms with van der Waals surface area (Å²) < 4.78 is 10.9. The molecule has 110 valence electrons. The fourth-order valence-corrected chi connectivity index (χ4v) is 2.23. The molecule has 2 unspecified atom stereocenters. The lowest BCUT2D eigenvalue weighted by atomic mass is 10.2. The number of hydrogen-bond acceptors (Lipinski definition) is 4. The molecule has 1 amide bonds. The Morgan fingerprint density at radius 2 is 2.15 bits per heavy atom. The number of carbonyl (C=O) groups excluding carboxylic acids is 1. The SMILES string of the molecule is COC1CNC(C(=O)Nc2ccccc2OC(C)C)C1. The second kappa shape index (κ2) is 6.72. The van der Waals surface area contributed by atoms with Crippen LogP contribution in [0.15, 0.2) is 24.3 Å². The lowest BCUT2D eigenvalue weighted by Crippen LogP contribution is -2.35. The van der Waals surface area contributed by atoms with Crippen LogP contribution in [-0.2, 0) is 9.53 Å². The van der Waals surface area contributed by atoms with Crippen LogP contribution in [0.25, 0.3) is 0 Å². The average molecular weight is 278 g/mol. The zero-order valence-corrected chi connectivity index (χ0v) is 12.2. The van der Waals surface area contributed by atoms with Gasteiger partial charge in [0.05, 0.1) is 23.9 Å². The van der Waals surface area contributed by atoms with Gasteiger partial charge in [0.1, 0.15) is 5.75 Å². The van der Waals surface area contributed by atoms with E-state index in [2.05, 4.69) is 10.6 Å². The van der Waals surface area contributed by atoms with E-state index in [1.807, 2.05) is 38.1 Å². The van der Waals surface area contributed by atoms with Crippen molar-refractivity contribution in [3.63, 3.8) is 0 Å². The Morgan fingerprint density at radius 1 is 1.40 bits per heavy atom. The fourth-order valence-electron chi connectivity index (χ4n) is 2.23. The van der Waals surface area contributed by atoms with E-state index in [1.54, 1.807) is 7.11 Å². The number of nitrogens with one attached hydrogen (secondary N) is 2. The number of carbonyl (C=O) groups is 1. The van der Waals surface area contributed by atoms with Gasteiger partial charge in [0.25, 0.3) is 0 Å². The van der Waals surface area contributed by atoms with E-state index in [1.165, 1.54) is 0 Å². The number of ether oxygens (including phenoxy) is 2. The van der Waals surface area contributed by atoms with Crippen molar-refractivity contribution in [1.82, 2.24) is 5.32 Å². The molecule has 1 aromatic carbocycles. The molecule has 2 N–H and O–H groups in total. The maximum Gasteiger partial charge on any atom is 0.241 e. The summed E-state index contributed by atoms with van der Waals surface area (Å²) in [7, 11) is 1.67. The van der Waals surface area contributed by atoms with Gasteiger partial charge in [-0.05, 0) is 32.4 Å². The Balaban J connectivity index is 2.01. The van der Waals surface area contributed by atoms with Gasteiger partial charge in [0, 0.05) is 13.7 Å². The summed E-state index contributed by atoms with van der Waals surface area (Å²) in [6, 6.07) is 7.26. The normalized spacial score (nSPS) is 22.0. The van der Waals surface area contributed by atoms with Crippen LogP contribution in [-0.4, -0.2) is 37.8 Å². The molecule has 2 rings (SSSR count). The van der Waals surface area contributed by atoms with E-state index in [0.29, 0.717) is 24.4 Å². The highest BCUT2D eigenvalue weighted by Gasteiger charge is 2.29. The molecule has 0 bridgehead atoms. The molecule has 0 spiro atoms. The molecular weight excluding hydrogens is 256 g/mol. The number of methoxy groups -OCH3 is 1. The summed E-state index contributed by atoms with van der Waals surface area (Å²) in [4.78, 5) is 12.2. The predicted octanol–water partition coefficient (Wildman–Crippen LogP) is 1.79. The number of hydrogen-bond donors (Lipinski definition) is 2. The topological polar surface area (TPSA) is 59.6 Å². The van der Waals surface area contributed by atoms with Gasteiger partial charge in [-0.15, -0.1) is 0 Å². The summed E-state index contributed by atoms with van der Waals surface area (Å²) in [5.41, 5.74) is 0.703. The molecule has 1 saturated heterocycles. The van der Waals surface area contributed by atoms with E-state index in [0.717, 1.165) is 0 Å². The van der Waals surface area contributed by atoms with Crippen molar-refractivity contribution >= 4 is 11.6 Å². The summed E-state index contributed by atoms with van der Waals surface area (Å²) >= 11 is 0. The van der Waals surface area contributed by atoms with Gasteiger partial charge >= 0.3 is 0 Å². The van der Waals surface area contributed by atoms with Crippen LogP contribution in [0, 0.1) is 0 Å². The van der Waals surface area contributed by atoms with Gasteiger partial charge in [-0.1, -0.05) is 12.1 Å². The van der Waals surface area contributed by atoms with E-state index in [4.69, 9.17) is 9.47 Å². The Kier molecular flexibility index (Phi) is 4.98. The van der Waals surface area contributed by atoms with Crippen molar-refractivity contribution in [2.45, 2.75) is 38.5 Å². The van der Waals surface area contributed by atoms with Gasteiger partial charge in [0.2, 0.25) is 5.91 Å². The first kappa shape index (κ1) is 14.8. The fraction of sp³-hybridized carbons (Fsp3) is 0.533. The average Bonchev–Trinajstić information content (AvgIpc) is 2.89. The highest BCUT2D eigenvalue weighted by molar-refractivity contribution is 5.96. The number of anilines is 1. The zero-order chi connectivity index (χ0) is 14.5. The van der Waals surface area contributed by atoms with Gasteiger partial charge in [-0.2, -0.15) is 0 Å². The van der Waals surface area contributed by atoms with Crippen molar-refractivity contribution in [2.75, 3.05) is 19.0 Å². The molecule has 0 aliphatic carbocycles. The van der Waals surface area contributed by atoms with E-state index >= 15 is 0 Å². The van der Waals surface area contributed by atoms with Crippen molar-refractivity contribution < 1.29 is 14.3 Å². The summed E-state index contributed by atoms with van der Waals surface area (Å²) in [5, 5.41) is 6.08. The quantitative estimate of drug-likeness (QED) is 0.862. The van der Waals surface area contributed by atoms with Crippen molar-refractivity contribution in [3.05, 3.63) is 24.3 Å². The second-order valence-corrected chi connectivity index (χ2v) is 5.21. The third-order valence-corrected chi connectivity index (χ3v) is 3.25. The molecule has 1 aliphatic heterocycles. The Labute approximate surface area is 119 Å². The molecule has 1 aromatic rings. The van der Waals surface area contributed by atoms with Crippen LogP contribution in [0.1, 0.15) is 20.3 Å². The van der Waals surface area contributed by atoms with E-state index in [9.17, 15) is 4.79 Å². The maximum atomic E-state index is 12.2. The standard InChI is InChI=1S/C15H22N2O3/c1-10(2)20-14-7-5-4-6-12(14)17-15(18)13-8-11(19-3)9-16-13/h4-7,10-11,13,16H,8-9H2,1-3H3,(H,17,18). The summed E-state index contributed by atoms with van der Waals surface area (Å²) in [5.74, 6) is 0.640. The van der Waals surface area contributed by atoms with Crippen LogP contribution in [0.4, 0.5) is 5.69 Å². The first-order valence-corrected chi connectivity index (χ1v) is 6.93. The van der Waals surface area contributed by atoms with Crippen molar-refractivity contribution in [1.29, 1.82) is 0 Å². The van der Waals surface area contributed by atoms with Gasteiger partial charge in [-0.25, -0.2) is 0 Å². The monoisotopic (exact) mass is 278 g/mol. The van der Waals surface area contributed by atoms with Crippen LogP contribution >= 0.6 is 0 Å². The number of benzene rings is 1. The molecule has 0 radical (unpaired) electrons. The predicted molar refractivity (Wildman–Crippen MR) is 78.0 cm³/mol. The Hall–Kier alpha value is -1.59. The molecule has 5 heteroatoms. The molecule has 0 saturated carbocycles. The summed E-state index contributed by atoms with van der Waals surface area (Å²) in [6.45, 7) is 4.62. The van der Waals surface area contributed by atoms with Gasteiger partial charge in [0.15, 0.2) is 0 Å². The highest BCUT2D eigenvalue weighted by Crippen LogP contribution is 2.25. The smallest absolute Gasteiger partial charge is 0.241 e. The Bertz CT molecular complexity index is 462. The third kappa shape index (κ3) is 3.71. The third-order valence-electron chi connectivity index (χ3n) is 3.25. The van der Waals surface area contributed by atoms with E-state index < -0.39 is 0 Å². The number of para-hydroxylation sites is 2.